The highest BCUT2D eigenvalue weighted by Crippen LogP contribution is 2.26. The lowest BCUT2D eigenvalue weighted by Crippen LogP contribution is -2.14. The van der Waals surface area contributed by atoms with Crippen molar-refractivity contribution in [2.45, 2.75) is 11.8 Å². The van der Waals surface area contributed by atoms with Crippen LogP contribution in [0.15, 0.2) is 41.3 Å². The minimum Gasteiger partial charge on any atom is -0.277 e. The summed E-state index contributed by atoms with van der Waals surface area (Å²) in [6.07, 6.45) is 0. The Morgan fingerprint density at radius 3 is 2.57 bits per heavy atom. The van der Waals surface area contributed by atoms with Crippen LogP contribution in [0.1, 0.15) is 11.1 Å². The van der Waals surface area contributed by atoms with E-state index in [2.05, 4.69) is 4.72 Å². The van der Waals surface area contributed by atoms with Crippen LogP contribution in [0.5, 0.6) is 0 Å². The molecule has 7 heteroatoms. The average Bonchev–Trinajstić information content (AvgIpc) is 2.42. The molecule has 0 atom stereocenters. The van der Waals surface area contributed by atoms with Crippen molar-refractivity contribution in [2.24, 2.45) is 0 Å². The molecule has 0 aliphatic rings. The van der Waals surface area contributed by atoms with Crippen LogP contribution in [-0.2, 0) is 10.0 Å². The summed E-state index contributed by atoms with van der Waals surface area (Å²) < 4.78 is 40.3. The number of nitriles is 1. The molecule has 108 valence electrons. The van der Waals surface area contributed by atoms with Gasteiger partial charge in [0, 0.05) is 0 Å². The lowest BCUT2D eigenvalue weighted by atomic mass is 10.2. The van der Waals surface area contributed by atoms with Crippen molar-refractivity contribution in [2.75, 3.05) is 4.72 Å². The Bertz CT molecular complexity index is 845. The van der Waals surface area contributed by atoms with E-state index in [0.29, 0.717) is 5.56 Å². The lowest BCUT2D eigenvalue weighted by molar-refractivity contribution is 0.598. The minimum absolute atomic E-state index is 0.102. The highest BCUT2D eigenvalue weighted by Gasteiger charge is 2.20. The van der Waals surface area contributed by atoms with E-state index in [1.165, 1.54) is 36.4 Å². The number of benzene rings is 2. The first kappa shape index (κ1) is 15.3. The van der Waals surface area contributed by atoms with Crippen LogP contribution in [0, 0.1) is 24.1 Å². The molecule has 2 aromatic rings. The van der Waals surface area contributed by atoms with Crippen LogP contribution in [0.25, 0.3) is 0 Å². The molecule has 0 fully saturated rings. The first-order valence-corrected chi connectivity index (χ1v) is 7.68. The summed E-state index contributed by atoms with van der Waals surface area (Å²) in [6, 6.07) is 9.71. The molecular weight excluding hydrogens is 315 g/mol. The van der Waals surface area contributed by atoms with E-state index in [1.54, 1.807) is 6.92 Å². The van der Waals surface area contributed by atoms with Gasteiger partial charge in [-0.2, -0.15) is 5.26 Å². The van der Waals surface area contributed by atoms with Gasteiger partial charge in [-0.3, -0.25) is 4.72 Å². The normalized spacial score (nSPS) is 11.0. The SMILES string of the molecule is Cc1ccc(F)c(NS(=O)(=O)c2ccc(C#N)cc2Cl)c1. The summed E-state index contributed by atoms with van der Waals surface area (Å²) in [5.74, 6) is -0.686. The van der Waals surface area contributed by atoms with E-state index >= 15 is 0 Å². The molecule has 0 saturated carbocycles. The number of hydrogen-bond donors (Lipinski definition) is 1. The number of sulfonamides is 1. The lowest BCUT2D eigenvalue weighted by Gasteiger charge is -2.11. The van der Waals surface area contributed by atoms with E-state index < -0.39 is 15.8 Å². The van der Waals surface area contributed by atoms with Gasteiger partial charge in [-0.1, -0.05) is 17.7 Å². The van der Waals surface area contributed by atoms with Crippen LogP contribution in [-0.4, -0.2) is 8.42 Å². The highest BCUT2D eigenvalue weighted by molar-refractivity contribution is 7.92. The van der Waals surface area contributed by atoms with E-state index in [4.69, 9.17) is 16.9 Å². The van der Waals surface area contributed by atoms with Crippen LogP contribution >= 0.6 is 11.6 Å². The predicted octanol–water partition coefficient (Wildman–Crippen LogP) is 3.46. The summed E-state index contributed by atoms with van der Waals surface area (Å²) in [7, 11) is -4.04. The molecule has 0 spiro atoms. The zero-order valence-electron chi connectivity index (χ0n) is 10.9. The Morgan fingerprint density at radius 1 is 1.24 bits per heavy atom. The second-order valence-corrected chi connectivity index (χ2v) is 6.40. The maximum atomic E-state index is 13.6. The first-order chi connectivity index (χ1) is 9.83. The van der Waals surface area contributed by atoms with Crippen molar-refractivity contribution < 1.29 is 12.8 Å². The number of anilines is 1. The molecule has 0 aliphatic carbocycles. The summed E-state index contributed by atoms with van der Waals surface area (Å²) in [6.45, 7) is 1.71. The van der Waals surface area contributed by atoms with Gasteiger partial charge in [-0.15, -0.1) is 0 Å². The topological polar surface area (TPSA) is 70.0 Å². The molecular formula is C14H10ClFN2O2S. The number of nitrogens with zero attached hydrogens (tertiary/aromatic N) is 1. The molecule has 0 bridgehead atoms. The number of rotatable bonds is 3. The standard InChI is InChI=1S/C14H10ClFN2O2S/c1-9-2-4-12(16)13(6-9)18-21(19,20)14-5-3-10(8-17)7-11(14)15/h2-7,18H,1H3. The molecule has 0 unspecified atom stereocenters. The smallest absolute Gasteiger partial charge is 0.263 e. The van der Waals surface area contributed by atoms with E-state index in [1.807, 2.05) is 6.07 Å². The Hall–Kier alpha value is -2.10. The third-order valence-corrected chi connectivity index (χ3v) is 4.57. The van der Waals surface area contributed by atoms with E-state index in [9.17, 15) is 12.8 Å². The minimum atomic E-state index is -4.04. The van der Waals surface area contributed by atoms with Crippen LogP contribution < -0.4 is 4.72 Å². The third kappa shape index (κ3) is 3.32. The van der Waals surface area contributed by atoms with Crippen LogP contribution in [0.2, 0.25) is 5.02 Å². The highest BCUT2D eigenvalue weighted by atomic mass is 35.5. The van der Waals surface area contributed by atoms with Crippen LogP contribution in [0.3, 0.4) is 0 Å². The molecule has 0 aromatic heterocycles. The van der Waals surface area contributed by atoms with Gasteiger partial charge < -0.3 is 0 Å². The zero-order valence-corrected chi connectivity index (χ0v) is 12.5. The Balaban J connectivity index is 2.44. The van der Waals surface area contributed by atoms with Crippen molar-refractivity contribution >= 4 is 27.3 Å². The van der Waals surface area contributed by atoms with Gasteiger partial charge in [0.05, 0.1) is 22.3 Å². The monoisotopic (exact) mass is 324 g/mol. The first-order valence-electron chi connectivity index (χ1n) is 5.82. The number of halogens is 2. The summed E-state index contributed by atoms with van der Waals surface area (Å²) >= 11 is 5.87. The molecule has 2 rings (SSSR count). The Labute approximate surface area is 126 Å². The van der Waals surface area contributed by atoms with Gasteiger partial charge in [0.25, 0.3) is 10.0 Å². The van der Waals surface area contributed by atoms with Gasteiger partial charge in [0.15, 0.2) is 0 Å². The number of nitrogens with one attached hydrogen (secondary N) is 1. The molecule has 0 heterocycles. The van der Waals surface area contributed by atoms with Gasteiger partial charge in [-0.05, 0) is 42.8 Å². The second-order valence-electron chi connectivity index (χ2n) is 4.35. The van der Waals surface area contributed by atoms with Gasteiger partial charge >= 0.3 is 0 Å². The fraction of sp³-hybridized carbons (Fsp3) is 0.0714. The molecule has 0 saturated heterocycles. The Kier molecular flexibility index (Phi) is 4.16. The number of aryl methyl sites for hydroxylation is 1. The average molecular weight is 325 g/mol. The maximum Gasteiger partial charge on any atom is 0.263 e. The quantitative estimate of drug-likeness (QED) is 0.940. The van der Waals surface area contributed by atoms with Crippen LogP contribution in [0.4, 0.5) is 10.1 Å². The van der Waals surface area contributed by atoms with Crippen molar-refractivity contribution in [3.63, 3.8) is 0 Å². The largest absolute Gasteiger partial charge is 0.277 e. The van der Waals surface area contributed by atoms with Gasteiger partial charge in [0.2, 0.25) is 0 Å². The van der Waals surface area contributed by atoms with Crippen molar-refractivity contribution in [1.82, 2.24) is 0 Å². The predicted molar refractivity (Wildman–Crippen MR) is 78.1 cm³/mol. The number of hydrogen-bond acceptors (Lipinski definition) is 3. The third-order valence-electron chi connectivity index (χ3n) is 2.72. The zero-order chi connectivity index (χ0) is 15.6. The maximum absolute atomic E-state index is 13.6. The van der Waals surface area contributed by atoms with Gasteiger partial charge in [0.1, 0.15) is 10.7 Å². The molecule has 0 amide bonds. The van der Waals surface area contributed by atoms with Crippen molar-refractivity contribution in [1.29, 1.82) is 5.26 Å². The Morgan fingerprint density at radius 2 is 1.95 bits per heavy atom. The molecule has 4 nitrogen and oxygen atoms in total. The van der Waals surface area contributed by atoms with Crippen molar-refractivity contribution in [3.05, 3.63) is 58.4 Å². The summed E-state index contributed by atoms with van der Waals surface area (Å²) in [5.41, 5.74) is 0.788. The molecule has 0 radical (unpaired) electrons. The summed E-state index contributed by atoms with van der Waals surface area (Å²) in [4.78, 5) is -0.218. The molecule has 2 aromatic carbocycles. The fourth-order valence-corrected chi connectivity index (χ4v) is 3.31. The fourth-order valence-electron chi connectivity index (χ4n) is 1.71. The molecule has 0 aliphatic heterocycles. The second kappa shape index (κ2) is 5.72. The van der Waals surface area contributed by atoms with E-state index in [0.717, 1.165) is 0 Å². The summed E-state index contributed by atoms with van der Waals surface area (Å²) in [5, 5.41) is 8.63. The van der Waals surface area contributed by atoms with E-state index in [-0.39, 0.29) is 21.2 Å². The molecule has 1 N–H and O–H groups in total. The van der Waals surface area contributed by atoms with Crippen molar-refractivity contribution in [3.8, 4) is 6.07 Å². The van der Waals surface area contributed by atoms with Gasteiger partial charge in [-0.25, -0.2) is 12.8 Å². The molecule has 21 heavy (non-hydrogen) atoms.